The molecule has 6 nitrogen and oxygen atoms in total. The smallest absolute Gasteiger partial charge is 0.307 e. The molecular weight excluding hydrogens is 698 g/mol. The maximum Gasteiger partial charge on any atom is 0.307 e. The van der Waals surface area contributed by atoms with Crippen molar-refractivity contribution in [2.24, 2.45) is 5.10 Å². The van der Waals surface area contributed by atoms with Crippen molar-refractivity contribution in [3.63, 3.8) is 0 Å². The maximum atomic E-state index is 12.5. The summed E-state index contributed by atoms with van der Waals surface area (Å²) in [7, 11) is 0. The number of benzene rings is 3. The Morgan fingerprint density at radius 2 is 1.79 bits per heavy atom. The molecule has 34 heavy (non-hydrogen) atoms. The Hall–Kier alpha value is -2.45. The van der Waals surface area contributed by atoms with Crippen LogP contribution in [-0.4, -0.2) is 12.1 Å². The van der Waals surface area contributed by atoms with Crippen molar-refractivity contribution >= 4 is 86.8 Å². The number of amides is 1. The highest BCUT2D eigenvalue weighted by molar-refractivity contribution is 9.11. The van der Waals surface area contributed by atoms with Crippen LogP contribution in [0.2, 0.25) is 0 Å². The fourth-order valence-electron chi connectivity index (χ4n) is 3.11. The topological polar surface area (TPSA) is 87.6 Å². The number of carbonyl (C=O) groups is 1. The molecule has 0 saturated carbocycles. The average molecular weight is 711 g/mol. The van der Waals surface area contributed by atoms with Crippen LogP contribution in [0.15, 0.2) is 82.0 Å². The number of nitrogens with zero attached hydrogens (tertiary/aromatic N) is 2. The van der Waals surface area contributed by atoms with Gasteiger partial charge in [0.15, 0.2) is 5.76 Å². The van der Waals surface area contributed by atoms with Gasteiger partial charge in [0.25, 0.3) is 0 Å². The molecule has 0 spiro atoms. The average Bonchev–Trinajstić information content (AvgIpc) is 3.23. The van der Waals surface area contributed by atoms with Crippen molar-refractivity contribution in [3.8, 4) is 11.8 Å². The quantitative estimate of drug-likeness (QED) is 0.164. The molecule has 0 atom stereocenters. The first-order chi connectivity index (χ1) is 16.4. The lowest BCUT2D eigenvalue weighted by molar-refractivity contribution is 0.0929. The number of nitrogens with one attached hydrogen (secondary N) is 1. The summed E-state index contributed by atoms with van der Waals surface area (Å²) in [6.45, 7) is 0.245. The lowest BCUT2D eigenvalue weighted by Gasteiger charge is -2.12. The van der Waals surface area contributed by atoms with E-state index < -0.39 is 5.91 Å². The van der Waals surface area contributed by atoms with Gasteiger partial charge in [-0.25, -0.2) is 5.43 Å². The third-order valence-electron chi connectivity index (χ3n) is 4.67. The van der Waals surface area contributed by atoms with Crippen molar-refractivity contribution in [1.82, 2.24) is 5.43 Å². The number of nitriles is 1. The monoisotopic (exact) mass is 707 g/mol. The largest absolute Gasteiger partial charge is 0.486 e. The lowest BCUT2D eigenvalue weighted by atomic mass is 10.1. The van der Waals surface area contributed by atoms with Crippen molar-refractivity contribution in [2.75, 3.05) is 0 Å². The predicted molar refractivity (Wildman–Crippen MR) is 144 cm³/mol. The van der Waals surface area contributed by atoms with Crippen molar-refractivity contribution < 1.29 is 13.9 Å². The van der Waals surface area contributed by atoms with E-state index in [1.807, 2.05) is 42.5 Å². The first kappa shape index (κ1) is 24.7. The van der Waals surface area contributed by atoms with E-state index in [0.29, 0.717) is 25.8 Å². The van der Waals surface area contributed by atoms with Gasteiger partial charge < -0.3 is 9.15 Å². The van der Waals surface area contributed by atoms with Gasteiger partial charge >= 0.3 is 5.91 Å². The Morgan fingerprint density at radius 3 is 2.53 bits per heavy atom. The highest BCUT2D eigenvalue weighted by atomic mass is 79.9. The van der Waals surface area contributed by atoms with E-state index >= 15 is 0 Å². The molecule has 1 amide bonds. The number of hydrogen-bond donors (Lipinski definition) is 1. The van der Waals surface area contributed by atoms with Gasteiger partial charge in [-0.15, -0.1) is 0 Å². The summed E-state index contributed by atoms with van der Waals surface area (Å²) in [4.78, 5) is 12.5. The second kappa shape index (κ2) is 10.9. The van der Waals surface area contributed by atoms with Gasteiger partial charge in [0.05, 0.1) is 31.3 Å². The van der Waals surface area contributed by atoms with E-state index in [1.165, 1.54) is 6.21 Å². The zero-order valence-electron chi connectivity index (χ0n) is 17.1. The lowest BCUT2D eigenvalue weighted by Crippen LogP contribution is -2.16. The zero-order valence-corrected chi connectivity index (χ0v) is 23.5. The second-order valence-corrected chi connectivity index (χ2v) is 10.5. The van der Waals surface area contributed by atoms with Gasteiger partial charge in [-0.2, -0.15) is 10.4 Å². The number of fused-ring (bicyclic) bond motifs is 1. The van der Waals surface area contributed by atoms with Gasteiger partial charge in [-0.05, 0) is 89.8 Å². The summed E-state index contributed by atoms with van der Waals surface area (Å²) in [5, 5.41) is 14.1. The molecule has 1 aromatic heterocycles. The molecule has 0 unspecified atom stereocenters. The van der Waals surface area contributed by atoms with E-state index in [-0.39, 0.29) is 12.4 Å². The van der Waals surface area contributed by atoms with Crippen molar-refractivity contribution in [3.05, 3.63) is 94.9 Å². The van der Waals surface area contributed by atoms with E-state index in [2.05, 4.69) is 80.3 Å². The van der Waals surface area contributed by atoms with E-state index in [4.69, 9.17) is 9.15 Å². The third kappa shape index (κ3) is 5.61. The Morgan fingerprint density at radius 1 is 1.06 bits per heavy atom. The first-order valence-electron chi connectivity index (χ1n) is 9.67. The summed E-state index contributed by atoms with van der Waals surface area (Å²) in [5.74, 6) is 0.271. The van der Waals surface area contributed by atoms with Crippen LogP contribution in [0, 0.1) is 11.3 Å². The Bertz CT molecular complexity index is 1450. The molecule has 170 valence electrons. The Balaban J connectivity index is 1.44. The number of rotatable bonds is 6. The number of hydrazone groups is 1. The van der Waals surface area contributed by atoms with Crippen LogP contribution in [0.1, 0.15) is 27.2 Å². The molecule has 1 heterocycles. The van der Waals surface area contributed by atoms with Crippen LogP contribution >= 0.6 is 63.7 Å². The molecule has 10 heteroatoms. The van der Waals surface area contributed by atoms with Crippen molar-refractivity contribution in [2.45, 2.75) is 6.61 Å². The molecule has 3 aromatic carbocycles. The van der Waals surface area contributed by atoms with Crippen LogP contribution in [0.25, 0.3) is 11.0 Å². The van der Waals surface area contributed by atoms with Crippen LogP contribution in [-0.2, 0) is 6.61 Å². The summed E-state index contributed by atoms with van der Waals surface area (Å²) in [5.41, 5.74) is 5.14. The maximum absolute atomic E-state index is 12.5. The first-order valence-corrected chi connectivity index (χ1v) is 12.8. The fraction of sp³-hybridized carbons (Fsp3) is 0.0417. The molecular formula is C24H13Br4N3O3. The minimum absolute atomic E-state index is 0.148. The molecule has 1 N–H and O–H groups in total. The van der Waals surface area contributed by atoms with E-state index in [1.54, 1.807) is 12.1 Å². The summed E-state index contributed by atoms with van der Waals surface area (Å²) in [6.07, 6.45) is 1.51. The standard InChI is InChI=1S/C24H13Br4N3O3/c25-17-7-16-8-21(34-22(16)20(28)9-17)24(32)31-30-11-13-5-18(26)23(19(27)6-13)33-12-15-4-2-1-3-14(15)10-29/h1-9,11H,12H2,(H,31,32)/b30-11-. The molecule has 4 aromatic rings. The molecule has 4 rings (SSSR count). The van der Waals surface area contributed by atoms with Gasteiger partial charge in [0.1, 0.15) is 17.9 Å². The van der Waals surface area contributed by atoms with Gasteiger partial charge in [-0.1, -0.05) is 34.1 Å². The summed E-state index contributed by atoms with van der Waals surface area (Å²) >= 11 is 13.9. The molecule has 0 aliphatic heterocycles. The second-order valence-electron chi connectivity index (χ2n) is 6.99. The number of carbonyl (C=O) groups excluding carboxylic acids is 1. The Kier molecular flexibility index (Phi) is 7.88. The molecule has 0 bridgehead atoms. The number of hydrogen-bond acceptors (Lipinski definition) is 5. The van der Waals surface area contributed by atoms with Gasteiger partial charge in [-0.3, -0.25) is 4.79 Å². The fourth-order valence-corrected chi connectivity index (χ4v) is 5.90. The normalized spacial score (nSPS) is 11.0. The highest BCUT2D eigenvalue weighted by Crippen LogP contribution is 2.35. The zero-order chi connectivity index (χ0) is 24.2. The minimum atomic E-state index is -0.468. The SMILES string of the molecule is N#Cc1ccccc1COc1c(Br)cc(/C=N\NC(=O)c2cc3cc(Br)cc(Br)c3o2)cc1Br. The van der Waals surface area contributed by atoms with Crippen LogP contribution in [0.3, 0.4) is 0 Å². The van der Waals surface area contributed by atoms with E-state index in [9.17, 15) is 10.1 Å². The van der Waals surface area contributed by atoms with Crippen LogP contribution in [0.5, 0.6) is 5.75 Å². The van der Waals surface area contributed by atoms with Gasteiger partial charge in [0.2, 0.25) is 0 Å². The van der Waals surface area contributed by atoms with Crippen LogP contribution in [0.4, 0.5) is 0 Å². The molecule has 0 aliphatic rings. The van der Waals surface area contributed by atoms with Crippen molar-refractivity contribution in [1.29, 1.82) is 5.26 Å². The minimum Gasteiger partial charge on any atom is -0.486 e. The molecule has 0 aliphatic carbocycles. The predicted octanol–water partition coefficient (Wildman–Crippen LogP) is 7.70. The summed E-state index contributed by atoms with van der Waals surface area (Å²) < 4.78 is 14.6. The molecule has 0 fully saturated rings. The van der Waals surface area contributed by atoms with E-state index in [0.717, 1.165) is 25.5 Å². The number of ether oxygens (including phenoxy) is 1. The third-order valence-corrected chi connectivity index (χ3v) is 6.89. The number of halogens is 4. The highest BCUT2D eigenvalue weighted by Gasteiger charge is 2.14. The Labute approximate surface area is 228 Å². The summed E-state index contributed by atoms with van der Waals surface area (Å²) in [6, 6.07) is 18.4. The molecule has 0 radical (unpaired) electrons. The molecule has 0 saturated heterocycles. The van der Waals surface area contributed by atoms with Gasteiger partial charge in [0, 0.05) is 15.4 Å². The van der Waals surface area contributed by atoms with Crippen LogP contribution < -0.4 is 10.2 Å². The number of furan rings is 1.